The average molecular weight is 275 g/mol. The van der Waals surface area contributed by atoms with Gasteiger partial charge in [-0.25, -0.2) is 9.37 Å². The van der Waals surface area contributed by atoms with Gasteiger partial charge in [-0.3, -0.25) is 9.89 Å². The summed E-state index contributed by atoms with van der Waals surface area (Å²) in [5.74, 6) is -0.306. The quantitative estimate of drug-likeness (QED) is 0.781. The second-order valence-corrected chi connectivity index (χ2v) is 4.98. The van der Waals surface area contributed by atoms with E-state index in [1.54, 1.807) is 24.4 Å². The van der Waals surface area contributed by atoms with Gasteiger partial charge in [-0.15, -0.1) is 11.3 Å². The normalized spacial score (nSPS) is 10.8. The summed E-state index contributed by atoms with van der Waals surface area (Å²) in [6.45, 7) is 1.80. The lowest BCUT2D eigenvalue weighted by atomic mass is 10.2. The average Bonchev–Trinajstić information content (AvgIpc) is 2.96. The predicted octanol–water partition coefficient (Wildman–Crippen LogP) is 2.74. The highest BCUT2D eigenvalue weighted by atomic mass is 32.1. The molecule has 1 N–H and O–H groups in total. The molecule has 0 spiro atoms. The molecule has 0 radical (unpaired) electrons. The lowest BCUT2D eigenvalue weighted by Crippen LogP contribution is -2.12. The summed E-state index contributed by atoms with van der Waals surface area (Å²) in [5, 5.41) is 5.25. The number of H-pyrrole nitrogens is 1. The largest absolute Gasteiger partial charge is 0.293 e. The van der Waals surface area contributed by atoms with Crippen LogP contribution in [0.5, 0.6) is 0 Å². The smallest absolute Gasteiger partial charge is 0.273 e. The Bertz CT molecular complexity index is 787. The Morgan fingerprint density at radius 3 is 2.89 bits per heavy atom. The van der Waals surface area contributed by atoms with Crippen LogP contribution in [0.1, 0.15) is 5.69 Å². The fourth-order valence-corrected chi connectivity index (χ4v) is 2.60. The zero-order valence-corrected chi connectivity index (χ0v) is 10.9. The summed E-state index contributed by atoms with van der Waals surface area (Å²) in [7, 11) is 0. The van der Waals surface area contributed by atoms with Gasteiger partial charge in [0.05, 0.1) is 5.69 Å². The molecular formula is C13H10FN3OS. The van der Waals surface area contributed by atoms with E-state index in [-0.39, 0.29) is 11.4 Å². The summed E-state index contributed by atoms with van der Waals surface area (Å²) >= 11 is 1.33. The van der Waals surface area contributed by atoms with Crippen molar-refractivity contribution >= 4 is 11.3 Å². The Labute approximate surface area is 112 Å². The second-order valence-electron chi connectivity index (χ2n) is 4.14. The highest BCUT2D eigenvalue weighted by Gasteiger charge is 2.09. The van der Waals surface area contributed by atoms with E-state index < -0.39 is 0 Å². The lowest BCUT2D eigenvalue weighted by Gasteiger charge is -1.97. The summed E-state index contributed by atoms with van der Waals surface area (Å²) in [6.07, 6.45) is 0. The lowest BCUT2D eigenvalue weighted by molar-refractivity contribution is 0.628. The summed E-state index contributed by atoms with van der Waals surface area (Å²) in [5.41, 5.74) is 1.96. The maximum Gasteiger partial charge on any atom is 0.273 e. The number of benzene rings is 1. The second kappa shape index (κ2) is 4.47. The molecule has 0 fully saturated rings. The van der Waals surface area contributed by atoms with Crippen molar-refractivity contribution in [3.63, 3.8) is 0 Å². The van der Waals surface area contributed by atoms with Crippen molar-refractivity contribution in [2.75, 3.05) is 0 Å². The highest BCUT2D eigenvalue weighted by molar-refractivity contribution is 7.12. The molecule has 96 valence electrons. The van der Waals surface area contributed by atoms with Gasteiger partial charge in [-0.1, -0.05) is 12.1 Å². The van der Waals surface area contributed by atoms with Crippen molar-refractivity contribution in [3.8, 4) is 16.4 Å². The summed E-state index contributed by atoms with van der Waals surface area (Å²) in [6, 6.07) is 7.72. The Balaban J connectivity index is 2.05. The number of nitrogens with zero attached hydrogens (tertiary/aromatic N) is 2. The number of aromatic amines is 1. The van der Waals surface area contributed by atoms with E-state index in [1.165, 1.54) is 34.2 Å². The fraction of sp³-hybridized carbons (Fsp3) is 0.0769. The zero-order valence-electron chi connectivity index (χ0n) is 10.1. The third-order valence-corrected chi connectivity index (χ3v) is 3.48. The van der Waals surface area contributed by atoms with Crippen molar-refractivity contribution < 1.29 is 4.39 Å². The van der Waals surface area contributed by atoms with Crippen LogP contribution in [0.25, 0.3) is 16.4 Å². The molecule has 2 heterocycles. The monoisotopic (exact) mass is 275 g/mol. The standard InChI is InChI=1S/C13H10FN3OS/c1-8-5-12(18)17(16-8)13-15-11(7-19-13)9-3-2-4-10(14)6-9/h2-7,16H,1H3. The first-order chi connectivity index (χ1) is 9.13. The van der Waals surface area contributed by atoms with Crippen LogP contribution in [0.15, 0.2) is 40.5 Å². The Morgan fingerprint density at radius 2 is 2.21 bits per heavy atom. The molecule has 0 amide bonds. The molecule has 3 aromatic rings. The number of nitrogens with one attached hydrogen (secondary N) is 1. The summed E-state index contributed by atoms with van der Waals surface area (Å²) in [4.78, 5) is 16.0. The van der Waals surface area contributed by atoms with Crippen LogP contribution in [0, 0.1) is 12.7 Å². The Kier molecular flexibility index (Phi) is 2.79. The van der Waals surface area contributed by atoms with E-state index in [1.807, 2.05) is 0 Å². The zero-order chi connectivity index (χ0) is 13.4. The van der Waals surface area contributed by atoms with Crippen molar-refractivity contribution in [3.05, 3.63) is 57.6 Å². The van der Waals surface area contributed by atoms with Crippen molar-refractivity contribution in [2.45, 2.75) is 6.92 Å². The highest BCUT2D eigenvalue weighted by Crippen LogP contribution is 2.23. The molecule has 0 atom stereocenters. The minimum atomic E-state index is -0.306. The van der Waals surface area contributed by atoms with Crippen LogP contribution >= 0.6 is 11.3 Å². The van der Waals surface area contributed by atoms with Crippen LogP contribution < -0.4 is 5.56 Å². The third kappa shape index (κ3) is 2.22. The molecule has 6 heteroatoms. The van der Waals surface area contributed by atoms with E-state index in [0.717, 1.165) is 5.69 Å². The molecule has 2 aromatic heterocycles. The number of halogens is 1. The van der Waals surface area contributed by atoms with Crippen LogP contribution in [-0.2, 0) is 0 Å². The number of thiazole rings is 1. The van der Waals surface area contributed by atoms with E-state index in [0.29, 0.717) is 16.4 Å². The molecule has 0 aliphatic carbocycles. The van der Waals surface area contributed by atoms with Crippen molar-refractivity contribution in [1.82, 2.24) is 14.8 Å². The van der Waals surface area contributed by atoms with E-state index in [9.17, 15) is 9.18 Å². The van der Waals surface area contributed by atoms with E-state index >= 15 is 0 Å². The van der Waals surface area contributed by atoms with Gasteiger partial charge in [0, 0.05) is 22.7 Å². The molecule has 0 bridgehead atoms. The first-order valence-electron chi connectivity index (χ1n) is 5.64. The summed E-state index contributed by atoms with van der Waals surface area (Å²) < 4.78 is 14.5. The van der Waals surface area contributed by atoms with Gasteiger partial charge in [-0.2, -0.15) is 4.68 Å². The van der Waals surface area contributed by atoms with Gasteiger partial charge < -0.3 is 0 Å². The molecule has 19 heavy (non-hydrogen) atoms. The maximum absolute atomic E-state index is 13.2. The molecular weight excluding hydrogens is 265 g/mol. The number of rotatable bonds is 2. The predicted molar refractivity (Wildman–Crippen MR) is 72.2 cm³/mol. The molecule has 0 aliphatic heterocycles. The number of aromatic nitrogens is 3. The van der Waals surface area contributed by atoms with Crippen LogP contribution in [0.2, 0.25) is 0 Å². The molecule has 3 rings (SSSR count). The van der Waals surface area contributed by atoms with E-state index in [4.69, 9.17) is 0 Å². The fourth-order valence-electron chi connectivity index (χ4n) is 1.80. The maximum atomic E-state index is 13.2. The topological polar surface area (TPSA) is 50.7 Å². The molecule has 0 unspecified atom stereocenters. The Morgan fingerprint density at radius 1 is 1.37 bits per heavy atom. The molecule has 0 saturated carbocycles. The SMILES string of the molecule is Cc1cc(=O)n(-c2nc(-c3cccc(F)c3)cs2)[nH]1. The molecule has 0 saturated heterocycles. The van der Waals surface area contributed by atoms with Crippen LogP contribution in [0.3, 0.4) is 0 Å². The minimum Gasteiger partial charge on any atom is -0.293 e. The van der Waals surface area contributed by atoms with Gasteiger partial charge in [0.25, 0.3) is 5.56 Å². The van der Waals surface area contributed by atoms with Gasteiger partial charge in [0.1, 0.15) is 5.82 Å². The van der Waals surface area contributed by atoms with Crippen LogP contribution in [-0.4, -0.2) is 14.8 Å². The van der Waals surface area contributed by atoms with Crippen molar-refractivity contribution in [1.29, 1.82) is 0 Å². The first-order valence-corrected chi connectivity index (χ1v) is 6.52. The molecule has 0 aliphatic rings. The first kappa shape index (κ1) is 11.9. The molecule has 1 aromatic carbocycles. The third-order valence-electron chi connectivity index (χ3n) is 2.65. The van der Waals surface area contributed by atoms with Gasteiger partial charge in [-0.05, 0) is 19.1 Å². The van der Waals surface area contributed by atoms with Crippen molar-refractivity contribution in [2.24, 2.45) is 0 Å². The van der Waals surface area contributed by atoms with Gasteiger partial charge >= 0.3 is 0 Å². The number of aryl methyl sites for hydroxylation is 1. The van der Waals surface area contributed by atoms with Gasteiger partial charge in [0.15, 0.2) is 0 Å². The van der Waals surface area contributed by atoms with E-state index in [2.05, 4.69) is 10.1 Å². The van der Waals surface area contributed by atoms with Crippen LogP contribution in [0.4, 0.5) is 4.39 Å². The Hall–Kier alpha value is -2.21. The molecule has 4 nitrogen and oxygen atoms in total. The minimum absolute atomic E-state index is 0.155. The number of hydrogen-bond donors (Lipinski definition) is 1. The number of hydrogen-bond acceptors (Lipinski definition) is 3. The van der Waals surface area contributed by atoms with Gasteiger partial charge in [0.2, 0.25) is 5.13 Å².